The summed E-state index contributed by atoms with van der Waals surface area (Å²) in [5.41, 5.74) is 3.03. The number of benzene rings is 1. The Morgan fingerprint density at radius 1 is 1.44 bits per heavy atom. The number of aryl methyl sites for hydroxylation is 1. The van der Waals surface area contributed by atoms with Gasteiger partial charge in [0, 0.05) is 16.0 Å². The van der Waals surface area contributed by atoms with Gasteiger partial charge in [-0.15, -0.1) is 0 Å². The second-order valence-corrected chi connectivity index (χ2v) is 5.24. The predicted octanol–water partition coefficient (Wildman–Crippen LogP) is 4.49. The van der Waals surface area contributed by atoms with Crippen LogP contribution in [0.5, 0.6) is 0 Å². The topological polar surface area (TPSA) is 17.8 Å². The lowest BCUT2D eigenvalue weighted by atomic mass is 10.2. The fourth-order valence-electron chi connectivity index (χ4n) is 1.36. The van der Waals surface area contributed by atoms with Crippen LogP contribution >= 0.6 is 43.5 Å². The fraction of sp³-hybridized carbons (Fsp3) is 0.182. The summed E-state index contributed by atoms with van der Waals surface area (Å²) in [5, 5.41) is 5.84. The molecule has 2 aromatic rings. The number of alkyl halides is 1. The molecule has 2 rings (SSSR count). The summed E-state index contributed by atoms with van der Waals surface area (Å²) in [6.07, 6.45) is 1.81. The lowest BCUT2D eigenvalue weighted by molar-refractivity contribution is 0.861. The largest absolute Gasteiger partial charge is 0.239 e. The molecular formula is C11H9Br2ClN2. The van der Waals surface area contributed by atoms with Crippen LogP contribution in [-0.2, 0) is 5.33 Å². The van der Waals surface area contributed by atoms with Gasteiger partial charge in [0.15, 0.2) is 0 Å². The van der Waals surface area contributed by atoms with E-state index in [2.05, 4.69) is 43.0 Å². The van der Waals surface area contributed by atoms with Gasteiger partial charge in [-0.2, -0.15) is 5.10 Å². The molecule has 0 fully saturated rings. The molecule has 0 unspecified atom stereocenters. The van der Waals surface area contributed by atoms with Crippen molar-refractivity contribution in [1.82, 2.24) is 9.78 Å². The maximum absolute atomic E-state index is 5.98. The number of hydrogen-bond donors (Lipinski definition) is 0. The second kappa shape index (κ2) is 4.90. The van der Waals surface area contributed by atoms with Gasteiger partial charge in [-0.3, -0.25) is 0 Å². The molecule has 0 N–H and O–H groups in total. The van der Waals surface area contributed by atoms with Crippen molar-refractivity contribution in [3.05, 3.63) is 45.1 Å². The number of halogens is 3. The van der Waals surface area contributed by atoms with Gasteiger partial charge in [-0.1, -0.05) is 49.5 Å². The van der Waals surface area contributed by atoms with Crippen LogP contribution in [0.15, 0.2) is 28.9 Å². The smallest absolute Gasteiger partial charge is 0.0819 e. The zero-order chi connectivity index (χ0) is 11.7. The fourth-order valence-corrected chi connectivity index (χ4v) is 2.86. The van der Waals surface area contributed by atoms with E-state index in [4.69, 9.17) is 11.6 Å². The van der Waals surface area contributed by atoms with E-state index in [0.29, 0.717) is 5.02 Å². The lowest BCUT2D eigenvalue weighted by Gasteiger charge is -2.05. The summed E-state index contributed by atoms with van der Waals surface area (Å²) in [4.78, 5) is 0. The van der Waals surface area contributed by atoms with Crippen LogP contribution in [-0.4, -0.2) is 9.78 Å². The van der Waals surface area contributed by atoms with E-state index in [0.717, 1.165) is 21.2 Å². The Bertz CT molecular complexity index is 503. The van der Waals surface area contributed by atoms with Crippen LogP contribution in [0.25, 0.3) is 5.69 Å². The predicted molar refractivity (Wildman–Crippen MR) is 73.6 cm³/mol. The van der Waals surface area contributed by atoms with Gasteiger partial charge in [-0.05, 0) is 24.6 Å². The van der Waals surface area contributed by atoms with Crippen molar-refractivity contribution in [2.45, 2.75) is 12.3 Å². The van der Waals surface area contributed by atoms with Crippen molar-refractivity contribution in [2.75, 3.05) is 0 Å². The Hall–Kier alpha value is -0.320. The molecule has 2 nitrogen and oxygen atoms in total. The minimum absolute atomic E-state index is 0.681. The summed E-state index contributed by atoms with van der Waals surface area (Å²) >= 11 is 12.9. The molecule has 0 aliphatic carbocycles. The average molecular weight is 364 g/mol. The highest BCUT2D eigenvalue weighted by Gasteiger charge is 2.06. The van der Waals surface area contributed by atoms with Gasteiger partial charge in [-0.25, -0.2) is 4.68 Å². The van der Waals surface area contributed by atoms with Crippen molar-refractivity contribution in [1.29, 1.82) is 0 Å². The Morgan fingerprint density at radius 3 is 2.69 bits per heavy atom. The third-order valence-corrected chi connectivity index (χ3v) is 4.00. The molecule has 1 aromatic carbocycles. The van der Waals surface area contributed by atoms with Crippen molar-refractivity contribution >= 4 is 43.5 Å². The van der Waals surface area contributed by atoms with E-state index in [-0.39, 0.29) is 0 Å². The Balaban J connectivity index is 2.45. The molecule has 5 heteroatoms. The van der Waals surface area contributed by atoms with Gasteiger partial charge < -0.3 is 0 Å². The monoisotopic (exact) mass is 362 g/mol. The van der Waals surface area contributed by atoms with Crippen LogP contribution in [0.2, 0.25) is 5.02 Å². The molecule has 0 saturated heterocycles. The molecule has 0 bridgehead atoms. The Labute approximate surface area is 116 Å². The third-order valence-electron chi connectivity index (χ3n) is 2.28. The van der Waals surface area contributed by atoms with Gasteiger partial charge in [0.2, 0.25) is 0 Å². The maximum atomic E-state index is 5.98. The molecule has 16 heavy (non-hydrogen) atoms. The van der Waals surface area contributed by atoms with Crippen LogP contribution in [0.1, 0.15) is 11.3 Å². The van der Waals surface area contributed by atoms with Crippen LogP contribution in [0.4, 0.5) is 0 Å². The van der Waals surface area contributed by atoms with Crippen molar-refractivity contribution in [3.63, 3.8) is 0 Å². The summed E-state index contributed by atoms with van der Waals surface area (Å²) in [7, 11) is 0. The van der Waals surface area contributed by atoms with Gasteiger partial charge in [0.05, 0.1) is 16.4 Å². The minimum atomic E-state index is 0.681. The van der Waals surface area contributed by atoms with E-state index in [1.54, 1.807) is 4.68 Å². The van der Waals surface area contributed by atoms with E-state index in [1.165, 1.54) is 5.56 Å². The van der Waals surface area contributed by atoms with Crippen LogP contribution < -0.4 is 0 Å². The number of rotatable bonds is 2. The summed E-state index contributed by atoms with van der Waals surface area (Å²) in [5.74, 6) is 0. The van der Waals surface area contributed by atoms with E-state index in [9.17, 15) is 0 Å². The standard InChI is InChI=1S/C11H9Br2ClN2/c1-7-11(14)6-16(15-7)9-3-2-8(5-12)10(13)4-9/h2-4,6H,5H2,1H3. The average Bonchev–Trinajstić information content (AvgIpc) is 2.59. The summed E-state index contributed by atoms with van der Waals surface area (Å²) in [6.45, 7) is 1.89. The highest BCUT2D eigenvalue weighted by molar-refractivity contribution is 9.10. The van der Waals surface area contributed by atoms with E-state index in [1.807, 2.05) is 25.3 Å². The van der Waals surface area contributed by atoms with Crippen molar-refractivity contribution < 1.29 is 0 Å². The molecule has 0 aliphatic rings. The van der Waals surface area contributed by atoms with Gasteiger partial charge >= 0.3 is 0 Å². The summed E-state index contributed by atoms with van der Waals surface area (Å²) in [6, 6.07) is 6.10. The van der Waals surface area contributed by atoms with Crippen molar-refractivity contribution in [2.24, 2.45) is 0 Å². The van der Waals surface area contributed by atoms with Gasteiger partial charge in [0.1, 0.15) is 0 Å². The molecule has 0 radical (unpaired) electrons. The molecular weight excluding hydrogens is 355 g/mol. The number of aromatic nitrogens is 2. The molecule has 1 aromatic heterocycles. The van der Waals surface area contributed by atoms with Crippen molar-refractivity contribution in [3.8, 4) is 5.69 Å². The molecule has 0 saturated carbocycles. The first kappa shape index (κ1) is 12.1. The number of nitrogens with zero attached hydrogens (tertiary/aromatic N) is 2. The molecule has 84 valence electrons. The van der Waals surface area contributed by atoms with Crippen LogP contribution in [0.3, 0.4) is 0 Å². The number of hydrogen-bond acceptors (Lipinski definition) is 1. The first-order chi connectivity index (χ1) is 7.61. The zero-order valence-corrected chi connectivity index (χ0v) is 12.5. The van der Waals surface area contributed by atoms with Crippen LogP contribution in [0, 0.1) is 6.92 Å². The van der Waals surface area contributed by atoms with E-state index < -0.39 is 0 Å². The maximum Gasteiger partial charge on any atom is 0.0819 e. The third kappa shape index (κ3) is 2.34. The Kier molecular flexibility index (Phi) is 3.72. The van der Waals surface area contributed by atoms with Gasteiger partial charge in [0.25, 0.3) is 0 Å². The first-order valence-corrected chi connectivity index (χ1v) is 6.97. The Morgan fingerprint density at radius 2 is 2.19 bits per heavy atom. The quantitative estimate of drug-likeness (QED) is 0.718. The molecule has 0 atom stereocenters. The first-order valence-electron chi connectivity index (χ1n) is 4.68. The lowest BCUT2D eigenvalue weighted by Crippen LogP contribution is -1.95. The molecule has 0 aliphatic heterocycles. The minimum Gasteiger partial charge on any atom is -0.239 e. The normalized spacial score (nSPS) is 10.8. The molecule has 0 spiro atoms. The highest BCUT2D eigenvalue weighted by Crippen LogP contribution is 2.24. The molecule has 1 heterocycles. The second-order valence-electron chi connectivity index (χ2n) is 3.42. The highest BCUT2D eigenvalue weighted by atomic mass is 79.9. The SMILES string of the molecule is Cc1nn(-c2ccc(CBr)c(Br)c2)cc1Cl. The summed E-state index contributed by atoms with van der Waals surface area (Å²) < 4.78 is 2.84. The molecule has 0 amide bonds. The zero-order valence-electron chi connectivity index (χ0n) is 8.54. The van der Waals surface area contributed by atoms with E-state index >= 15 is 0 Å².